The molecule has 0 fully saturated rings. The van der Waals surface area contributed by atoms with Gasteiger partial charge in [-0.05, 0) is 24.1 Å². The number of hydrogen-bond acceptors (Lipinski definition) is 3. The number of para-hydroxylation sites is 1. The fourth-order valence-electron chi connectivity index (χ4n) is 3.09. The van der Waals surface area contributed by atoms with Gasteiger partial charge in [-0.25, -0.2) is 8.42 Å². The summed E-state index contributed by atoms with van der Waals surface area (Å²) >= 11 is 0. The minimum Gasteiger partial charge on any atom is -0.359 e. The highest BCUT2D eigenvalue weighted by molar-refractivity contribution is 7.92. The van der Waals surface area contributed by atoms with Gasteiger partial charge >= 0.3 is 0 Å². The first kappa shape index (κ1) is 17.2. The largest absolute Gasteiger partial charge is 0.359 e. The van der Waals surface area contributed by atoms with Crippen molar-refractivity contribution in [3.8, 4) is 0 Å². The number of fused-ring (bicyclic) bond motifs is 1. The zero-order valence-corrected chi connectivity index (χ0v) is 14.9. The van der Waals surface area contributed by atoms with Crippen LogP contribution in [0.1, 0.15) is 29.0 Å². The third-order valence-electron chi connectivity index (χ3n) is 4.23. The summed E-state index contributed by atoms with van der Waals surface area (Å²) in [4.78, 5) is 14.4. The van der Waals surface area contributed by atoms with Crippen LogP contribution in [0.3, 0.4) is 0 Å². The van der Waals surface area contributed by atoms with E-state index >= 15 is 0 Å². The number of rotatable bonds is 6. The summed E-state index contributed by atoms with van der Waals surface area (Å²) in [7, 11) is -3.37. The lowest BCUT2D eigenvalue weighted by Crippen LogP contribution is -2.09. The fourth-order valence-corrected chi connectivity index (χ4v) is 3.66. The Kier molecular flexibility index (Phi) is 4.63. The molecule has 3 rings (SSSR count). The maximum Gasteiger partial charge on any atom is 0.229 e. The van der Waals surface area contributed by atoms with Crippen LogP contribution in [0.5, 0.6) is 0 Å². The van der Waals surface area contributed by atoms with E-state index in [9.17, 15) is 13.2 Å². The van der Waals surface area contributed by atoms with Gasteiger partial charge < -0.3 is 9.78 Å². The Morgan fingerprint density at radius 2 is 1.88 bits per heavy atom. The molecule has 5 nitrogen and oxygen atoms in total. The summed E-state index contributed by atoms with van der Waals surface area (Å²) in [6.07, 6.45) is 4.25. The van der Waals surface area contributed by atoms with Crippen LogP contribution in [0, 0.1) is 6.92 Å². The van der Waals surface area contributed by atoms with E-state index in [1.165, 1.54) is 0 Å². The topological polar surface area (TPSA) is 79.0 Å². The summed E-state index contributed by atoms with van der Waals surface area (Å²) in [6.45, 7) is 2.02. The van der Waals surface area contributed by atoms with Crippen molar-refractivity contribution < 1.29 is 13.2 Å². The van der Waals surface area contributed by atoms with Crippen LogP contribution in [0.2, 0.25) is 0 Å². The van der Waals surface area contributed by atoms with Crippen molar-refractivity contribution in [3.63, 3.8) is 0 Å². The Hall–Kier alpha value is -2.60. The summed E-state index contributed by atoms with van der Waals surface area (Å²) in [5.41, 5.74) is 4.40. The van der Waals surface area contributed by atoms with E-state index in [2.05, 4.69) is 9.71 Å². The molecule has 6 heteroatoms. The maximum atomic E-state index is 11.6. The average Bonchev–Trinajstić information content (AvgIpc) is 2.97. The number of H-pyrrole nitrogens is 1. The van der Waals surface area contributed by atoms with Crippen LogP contribution in [0.25, 0.3) is 10.9 Å². The molecule has 130 valence electrons. The fraction of sp³-hybridized carbons (Fsp3) is 0.211. The number of nitrogens with one attached hydrogen (secondary N) is 2. The number of carbonyl (C=O) groups is 1. The molecule has 2 aromatic carbocycles. The highest BCUT2D eigenvalue weighted by Crippen LogP contribution is 2.35. The molecule has 0 aliphatic rings. The predicted molar refractivity (Wildman–Crippen MR) is 100 cm³/mol. The number of anilines is 1. The van der Waals surface area contributed by atoms with Gasteiger partial charge in [0.05, 0.1) is 17.5 Å². The zero-order valence-electron chi connectivity index (χ0n) is 14.1. The lowest BCUT2D eigenvalue weighted by Gasteiger charge is -2.15. The second-order valence-electron chi connectivity index (χ2n) is 6.21. The number of hydrogen-bond donors (Lipinski definition) is 2. The molecule has 0 aliphatic heterocycles. The molecule has 2 N–H and O–H groups in total. The van der Waals surface area contributed by atoms with E-state index in [1.807, 2.05) is 43.5 Å². The first-order chi connectivity index (χ1) is 11.9. The molecular weight excluding hydrogens is 336 g/mol. The predicted octanol–water partition coefficient (Wildman–Crippen LogP) is 3.57. The van der Waals surface area contributed by atoms with Crippen LogP contribution in [-0.2, 0) is 14.8 Å². The van der Waals surface area contributed by atoms with Gasteiger partial charge in [-0.1, -0.05) is 42.0 Å². The van der Waals surface area contributed by atoms with Crippen molar-refractivity contribution in [1.29, 1.82) is 0 Å². The summed E-state index contributed by atoms with van der Waals surface area (Å²) < 4.78 is 25.7. The van der Waals surface area contributed by atoms with Gasteiger partial charge in [0.15, 0.2) is 0 Å². The van der Waals surface area contributed by atoms with Gasteiger partial charge in [-0.2, -0.15) is 0 Å². The minimum absolute atomic E-state index is 0.0830. The Morgan fingerprint density at radius 1 is 1.16 bits per heavy atom. The quantitative estimate of drug-likeness (QED) is 0.663. The molecule has 1 heterocycles. The Bertz CT molecular complexity index is 1000. The first-order valence-electron chi connectivity index (χ1n) is 7.97. The van der Waals surface area contributed by atoms with E-state index in [0.717, 1.165) is 34.6 Å². The minimum atomic E-state index is -3.37. The molecular formula is C19H20N2O3S. The smallest absolute Gasteiger partial charge is 0.229 e. The van der Waals surface area contributed by atoms with Crippen molar-refractivity contribution in [2.45, 2.75) is 19.3 Å². The summed E-state index contributed by atoms with van der Waals surface area (Å²) in [5.74, 6) is -0.0830. The van der Waals surface area contributed by atoms with Gasteiger partial charge in [-0.15, -0.1) is 0 Å². The average molecular weight is 356 g/mol. The highest BCUT2D eigenvalue weighted by Gasteiger charge is 2.19. The number of aromatic amines is 1. The van der Waals surface area contributed by atoms with Crippen molar-refractivity contribution in [2.75, 3.05) is 11.0 Å². The van der Waals surface area contributed by atoms with Crippen molar-refractivity contribution >= 4 is 32.9 Å². The number of aryl methyl sites for hydroxylation is 1. The van der Waals surface area contributed by atoms with Gasteiger partial charge in [0.2, 0.25) is 10.0 Å². The second-order valence-corrected chi connectivity index (χ2v) is 7.96. The van der Waals surface area contributed by atoms with Gasteiger partial charge in [0.25, 0.3) is 0 Å². The number of aldehydes is 1. The third kappa shape index (κ3) is 3.74. The van der Waals surface area contributed by atoms with Crippen LogP contribution >= 0.6 is 0 Å². The monoisotopic (exact) mass is 356 g/mol. The van der Waals surface area contributed by atoms with Crippen molar-refractivity contribution in [1.82, 2.24) is 4.98 Å². The van der Waals surface area contributed by atoms with Crippen LogP contribution in [0.15, 0.2) is 48.7 Å². The van der Waals surface area contributed by atoms with E-state index in [4.69, 9.17) is 0 Å². The lowest BCUT2D eigenvalue weighted by molar-refractivity contribution is -0.108. The molecule has 1 atom stereocenters. The Balaban J connectivity index is 2.11. The second kappa shape index (κ2) is 6.72. The van der Waals surface area contributed by atoms with E-state index in [1.54, 1.807) is 12.1 Å². The molecule has 0 bridgehead atoms. The van der Waals surface area contributed by atoms with E-state index in [0.29, 0.717) is 17.6 Å². The molecule has 3 aromatic rings. The van der Waals surface area contributed by atoms with E-state index in [-0.39, 0.29) is 5.92 Å². The Labute approximate surface area is 147 Å². The molecule has 0 saturated heterocycles. The molecule has 0 saturated carbocycles. The number of carbonyl (C=O) groups excluding carboxylic acids is 1. The lowest BCUT2D eigenvalue weighted by atomic mass is 9.88. The van der Waals surface area contributed by atoms with Gasteiger partial charge in [0, 0.05) is 23.9 Å². The zero-order chi connectivity index (χ0) is 18.0. The van der Waals surface area contributed by atoms with Crippen molar-refractivity contribution in [2.24, 2.45) is 0 Å². The maximum absolute atomic E-state index is 11.6. The molecule has 1 aromatic heterocycles. The number of aromatic nitrogens is 1. The summed E-state index contributed by atoms with van der Waals surface area (Å²) in [6, 6.07) is 13.6. The standard InChI is InChI=1S/C19H20N2O3S/c1-13-6-8-14(9-7-13)15(10-11-22)17-12-20-19-16(17)4-3-5-18(19)21-25(2,23)24/h3-9,11-12,15,20-21H,10H2,1-2H3. The Morgan fingerprint density at radius 3 is 2.52 bits per heavy atom. The van der Waals surface area contributed by atoms with Crippen molar-refractivity contribution in [3.05, 3.63) is 65.4 Å². The van der Waals surface area contributed by atoms with Crippen LogP contribution in [-0.4, -0.2) is 25.9 Å². The highest BCUT2D eigenvalue weighted by atomic mass is 32.2. The van der Waals surface area contributed by atoms with Crippen LogP contribution in [0.4, 0.5) is 5.69 Å². The third-order valence-corrected chi connectivity index (χ3v) is 4.82. The number of benzene rings is 2. The normalized spacial score (nSPS) is 12.9. The van der Waals surface area contributed by atoms with Gasteiger partial charge in [-0.3, -0.25) is 4.72 Å². The van der Waals surface area contributed by atoms with E-state index < -0.39 is 10.0 Å². The molecule has 25 heavy (non-hydrogen) atoms. The van der Waals surface area contributed by atoms with Gasteiger partial charge in [0.1, 0.15) is 6.29 Å². The molecule has 0 spiro atoms. The summed E-state index contributed by atoms with van der Waals surface area (Å²) in [5, 5.41) is 0.904. The van der Waals surface area contributed by atoms with Crippen LogP contribution < -0.4 is 4.72 Å². The molecule has 1 unspecified atom stereocenters. The molecule has 0 radical (unpaired) electrons. The SMILES string of the molecule is Cc1ccc(C(CC=O)c2c[nH]c3c(NS(C)(=O)=O)cccc23)cc1. The first-order valence-corrected chi connectivity index (χ1v) is 9.86. The number of sulfonamides is 1. The molecule has 0 aliphatic carbocycles. The molecule has 0 amide bonds.